The molecule has 0 bridgehead atoms. The largest absolute Gasteiger partial charge is 0.466 e. The van der Waals surface area contributed by atoms with E-state index in [-0.39, 0.29) is 30.6 Å². The summed E-state index contributed by atoms with van der Waals surface area (Å²) in [6.45, 7) is 4.06. The van der Waals surface area contributed by atoms with Gasteiger partial charge in [-0.1, -0.05) is 54.3 Å². The second kappa shape index (κ2) is 16.4. The minimum atomic E-state index is -0.638. The molecular formula is C42H41N7O6S. The fourth-order valence-electron chi connectivity index (χ4n) is 7.54. The van der Waals surface area contributed by atoms with E-state index in [0.717, 1.165) is 68.6 Å². The van der Waals surface area contributed by atoms with Gasteiger partial charge >= 0.3 is 5.97 Å². The number of thiophene rings is 1. The SMILES string of the molecule is Cc1nnc2n1-c1sc(C#Cc3cnn(CCCC(=O)OCCCCc4cccc5c4CN(C4CCC(=O)NC4=O)C5=O)c3)c(Cc3ccccc3)c1COC2. The van der Waals surface area contributed by atoms with Crippen LogP contribution in [0.5, 0.6) is 0 Å². The zero-order valence-corrected chi connectivity index (χ0v) is 31.9. The molecule has 0 aliphatic carbocycles. The maximum Gasteiger partial charge on any atom is 0.305 e. The summed E-state index contributed by atoms with van der Waals surface area (Å²) in [5.41, 5.74) is 6.83. The first-order valence-corrected chi connectivity index (χ1v) is 19.8. The van der Waals surface area contributed by atoms with E-state index >= 15 is 0 Å². The first-order chi connectivity index (χ1) is 27.3. The lowest BCUT2D eigenvalue weighted by Gasteiger charge is -2.29. The number of rotatable bonds is 12. The Labute approximate surface area is 328 Å². The van der Waals surface area contributed by atoms with E-state index in [4.69, 9.17) is 9.47 Å². The van der Waals surface area contributed by atoms with E-state index < -0.39 is 11.9 Å². The van der Waals surface area contributed by atoms with Crippen LogP contribution < -0.4 is 5.32 Å². The van der Waals surface area contributed by atoms with Crippen molar-refractivity contribution in [3.63, 3.8) is 0 Å². The normalized spacial score (nSPS) is 16.1. The minimum absolute atomic E-state index is 0.178. The summed E-state index contributed by atoms with van der Waals surface area (Å²) in [6, 6.07) is 15.4. The number of amides is 3. The summed E-state index contributed by atoms with van der Waals surface area (Å²) in [4.78, 5) is 52.2. The molecule has 56 heavy (non-hydrogen) atoms. The van der Waals surface area contributed by atoms with Crippen LogP contribution in [0.1, 0.15) is 98.8 Å². The van der Waals surface area contributed by atoms with Gasteiger partial charge in [0.15, 0.2) is 5.82 Å². The van der Waals surface area contributed by atoms with Crippen LogP contribution in [-0.4, -0.2) is 65.8 Å². The van der Waals surface area contributed by atoms with Crippen molar-refractivity contribution >= 4 is 35.0 Å². The van der Waals surface area contributed by atoms with Crippen LogP contribution in [-0.2, 0) is 63.0 Å². The number of hydrogen-bond donors (Lipinski definition) is 1. The molecule has 0 radical (unpaired) electrons. The van der Waals surface area contributed by atoms with Gasteiger partial charge in [0.25, 0.3) is 5.91 Å². The highest BCUT2D eigenvalue weighted by Gasteiger charge is 2.39. The first-order valence-electron chi connectivity index (χ1n) is 19.0. The smallest absolute Gasteiger partial charge is 0.305 e. The lowest BCUT2D eigenvalue weighted by Crippen LogP contribution is -2.52. The quantitative estimate of drug-likeness (QED) is 0.0804. The van der Waals surface area contributed by atoms with Crippen LogP contribution in [0, 0.1) is 18.8 Å². The van der Waals surface area contributed by atoms with Crippen LogP contribution in [0.25, 0.3) is 5.00 Å². The van der Waals surface area contributed by atoms with E-state index in [1.807, 2.05) is 43.5 Å². The molecule has 1 N–H and O–H groups in total. The molecule has 13 nitrogen and oxygen atoms in total. The zero-order valence-electron chi connectivity index (χ0n) is 31.1. The Hall–Kier alpha value is -5.91. The second-order valence-electron chi connectivity index (χ2n) is 14.2. The minimum Gasteiger partial charge on any atom is -0.466 e. The number of benzene rings is 2. The van der Waals surface area contributed by atoms with E-state index in [1.54, 1.807) is 33.2 Å². The number of fused-ring (bicyclic) bond motifs is 4. The summed E-state index contributed by atoms with van der Waals surface area (Å²) < 4.78 is 15.4. The van der Waals surface area contributed by atoms with E-state index in [1.165, 1.54) is 5.56 Å². The average molecular weight is 772 g/mol. The Bertz CT molecular complexity index is 2370. The highest BCUT2D eigenvalue weighted by molar-refractivity contribution is 7.15. The summed E-state index contributed by atoms with van der Waals surface area (Å²) >= 11 is 1.63. The van der Waals surface area contributed by atoms with Crippen molar-refractivity contribution in [2.24, 2.45) is 0 Å². The molecule has 1 saturated heterocycles. The van der Waals surface area contributed by atoms with Crippen molar-refractivity contribution in [1.82, 2.24) is 34.8 Å². The van der Waals surface area contributed by atoms with Crippen molar-refractivity contribution in [1.29, 1.82) is 0 Å². The Morgan fingerprint density at radius 1 is 1.02 bits per heavy atom. The van der Waals surface area contributed by atoms with Gasteiger partial charge in [0.05, 0.1) is 29.9 Å². The standard InChI is InChI=1S/C42H41N7O6S/c1-27-45-46-37-26-54-25-34-32(21-28-9-3-2-4-10-28)36(56-42(34)49(27)37)17-15-29-22-43-47(23-29)19-8-14-39(51)55-20-6-5-11-30-12-7-13-31-33(30)24-48(41(31)53)35-16-18-38(50)44-40(35)52/h2-4,7,9-10,12-13,22-23,35H,5-6,8,11,14,16,18-21,24-26H2,1H3,(H,44,50,52). The lowest BCUT2D eigenvalue weighted by atomic mass is 9.99. The Morgan fingerprint density at radius 2 is 1.89 bits per heavy atom. The van der Waals surface area contributed by atoms with Gasteiger partial charge in [-0.05, 0) is 73.8 Å². The molecule has 3 aliphatic heterocycles. The monoisotopic (exact) mass is 771 g/mol. The fraction of sp³-hybridized carbons (Fsp3) is 0.357. The third-order valence-electron chi connectivity index (χ3n) is 10.4. The highest BCUT2D eigenvalue weighted by Crippen LogP contribution is 2.37. The van der Waals surface area contributed by atoms with Crippen LogP contribution in [0.4, 0.5) is 0 Å². The summed E-state index contributed by atoms with van der Waals surface area (Å²) in [6.07, 6.45) is 7.99. The number of unbranched alkanes of at least 4 members (excludes halogenated alkanes) is 1. The number of aryl methyl sites for hydroxylation is 3. The lowest BCUT2D eigenvalue weighted by molar-refractivity contribution is -0.144. The van der Waals surface area contributed by atoms with Gasteiger partial charge in [-0.25, -0.2) is 0 Å². The number of ether oxygens (including phenoxy) is 2. The van der Waals surface area contributed by atoms with Crippen LogP contribution in [0.15, 0.2) is 60.9 Å². The molecule has 1 atom stereocenters. The van der Waals surface area contributed by atoms with Gasteiger partial charge in [0.2, 0.25) is 11.8 Å². The van der Waals surface area contributed by atoms with Gasteiger partial charge in [0.1, 0.15) is 23.5 Å². The van der Waals surface area contributed by atoms with Crippen LogP contribution in [0.3, 0.4) is 0 Å². The first kappa shape index (κ1) is 37.0. The second-order valence-corrected chi connectivity index (χ2v) is 15.2. The average Bonchev–Trinajstić information content (AvgIpc) is 3.94. The number of nitrogens with zero attached hydrogens (tertiary/aromatic N) is 6. The zero-order chi connectivity index (χ0) is 38.6. The summed E-state index contributed by atoms with van der Waals surface area (Å²) in [5, 5.41) is 16.5. The highest BCUT2D eigenvalue weighted by atomic mass is 32.1. The van der Waals surface area contributed by atoms with Crippen molar-refractivity contribution in [3.05, 3.63) is 116 Å². The van der Waals surface area contributed by atoms with Crippen molar-refractivity contribution in [2.75, 3.05) is 6.61 Å². The molecule has 1 unspecified atom stereocenters. The van der Waals surface area contributed by atoms with Crippen molar-refractivity contribution < 1.29 is 28.7 Å². The molecule has 3 aromatic heterocycles. The Morgan fingerprint density at radius 3 is 2.75 bits per heavy atom. The van der Waals surface area contributed by atoms with Gasteiger partial charge < -0.3 is 14.4 Å². The molecule has 1 fully saturated rings. The van der Waals surface area contributed by atoms with Crippen molar-refractivity contribution in [2.45, 2.75) is 90.6 Å². The van der Waals surface area contributed by atoms with Gasteiger partial charge in [-0.2, -0.15) is 5.10 Å². The molecule has 0 saturated carbocycles. The van der Waals surface area contributed by atoms with Gasteiger partial charge in [-0.15, -0.1) is 21.5 Å². The third-order valence-corrected chi connectivity index (χ3v) is 11.6. The van der Waals surface area contributed by atoms with Crippen LogP contribution in [0.2, 0.25) is 0 Å². The van der Waals surface area contributed by atoms with Gasteiger partial charge in [-0.3, -0.25) is 33.7 Å². The number of esters is 1. The van der Waals surface area contributed by atoms with Gasteiger partial charge in [0, 0.05) is 43.3 Å². The molecule has 6 heterocycles. The maximum atomic E-state index is 13.1. The number of imide groups is 1. The van der Waals surface area contributed by atoms with E-state index in [2.05, 4.69) is 49.2 Å². The number of carbonyl (C=O) groups is 4. The number of hydrogen-bond acceptors (Lipinski definition) is 10. The predicted octanol–water partition coefficient (Wildman–Crippen LogP) is 4.96. The third kappa shape index (κ3) is 7.91. The Balaban J connectivity index is 0.812. The molecular weight excluding hydrogens is 731 g/mol. The summed E-state index contributed by atoms with van der Waals surface area (Å²) in [5.74, 6) is 7.19. The van der Waals surface area contributed by atoms with Crippen LogP contribution >= 0.6 is 11.3 Å². The maximum absolute atomic E-state index is 13.1. The molecule has 8 rings (SSSR count). The molecule has 286 valence electrons. The Kier molecular flexibility index (Phi) is 10.9. The fourth-order valence-corrected chi connectivity index (χ4v) is 8.78. The molecule has 3 amide bonds. The predicted molar refractivity (Wildman–Crippen MR) is 206 cm³/mol. The van der Waals surface area contributed by atoms with E-state index in [9.17, 15) is 19.2 Å². The van der Waals surface area contributed by atoms with E-state index in [0.29, 0.717) is 57.7 Å². The molecule has 5 aromatic rings. The summed E-state index contributed by atoms with van der Waals surface area (Å²) in [7, 11) is 0. The molecule has 0 spiro atoms. The number of aromatic nitrogens is 5. The van der Waals surface area contributed by atoms with Crippen molar-refractivity contribution in [3.8, 4) is 16.8 Å². The molecule has 14 heteroatoms. The number of nitrogens with one attached hydrogen (secondary N) is 1. The molecule has 2 aromatic carbocycles. The number of piperidine rings is 1. The topological polar surface area (TPSA) is 151 Å². The number of carbonyl (C=O) groups excluding carboxylic acids is 4. The molecule has 3 aliphatic rings.